The van der Waals surface area contributed by atoms with E-state index in [0.29, 0.717) is 5.95 Å². The van der Waals surface area contributed by atoms with Crippen LogP contribution in [0.4, 0.5) is 11.8 Å². The van der Waals surface area contributed by atoms with Crippen molar-refractivity contribution in [3.63, 3.8) is 0 Å². The van der Waals surface area contributed by atoms with Crippen LogP contribution in [0.2, 0.25) is 0 Å². The van der Waals surface area contributed by atoms with Crippen LogP contribution in [0.25, 0.3) is 0 Å². The molecule has 0 spiro atoms. The summed E-state index contributed by atoms with van der Waals surface area (Å²) >= 11 is 0. The number of carboxylic acid groups (broad SMARTS) is 1. The Kier molecular flexibility index (Phi) is 3.36. The van der Waals surface area contributed by atoms with Crippen molar-refractivity contribution in [1.82, 2.24) is 9.97 Å². The molecule has 0 saturated carbocycles. The lowest BCUT2D eigenvalue weighted by Crippen LogP contribution is -2.51. The SMILES string of the molecule is CC(C(=O)O)C1CN(c2ccnc(N(C)C)n2)C1. The van der Waals surface area contributed by atoms with E-state index in [1.54, 1.807) is 13.1 Å². The highest BCUT2D eigenvalue weighted by Gasteiger charge is 2.35. The molecule has 0 radical (unpaired) electrons. The van der Waals surface area contributed by atoms with E-state index in [1.807, 2.05) is 25.1 Å². The Morgan fingerprint density at radius 1 is 1.56 bits per heavy atom. The number of hydrogen-bond donors (Lipinski definition) is 1. The van der Waals surface area contributed by atoms with Crippen LogP contribution in [-0.4, -0.2) is 48.2 Å². The molecule has 1 N–H and O–H groups in total. The maximum Gasteiger partial charge on any atom is 0.306 e. The van der Waals surface area contributed by atoms with E-state index >= 15 is 0 Å². The molecule has 18 heavy (non-hydrogen) atoms. The van der Waals surface area contributed by atoms with Gasteiger partial charge < -0.3 is 14.9 Å². The van der Waals surface area contributed by atoms with E-state index < -0.39 is 5.97 Å². The van der Waals surface area contributed by atoms with Crippen molar-refractivity contribution in [2.24, 2.45) is 11.8 Å². The van der Waals surface area contributed by atoms with Gasteiger partial charge in [0, 0.05) is 39.3 Å². The quantitative estimate of drug-likeness (QED) is 0.848. The average Bonchev–Trinajstić information content (AvgIpc) is 2.27. The van der Waals surface area contributed by atoms with Crippen molar-refractivity contribution in [3.05, 3.63) is 12.3 Å². The lowest BCUT2D eigenvalue weighted by molar-refractivity contribution is -0.143. The third kappa shape index (κ3) is 2.37. The molecular formula is C12H18N4O2. The minimum atomic E-state index is -0.726. The number of carbonyl (C=O) groups is 1. The monoisotopic (exact) mass is 250 g/mol. The Labute approximate surface area is 106 Å². The summed E-state index contributed by atoms with van der Waals surface area (Å²) in [6.07, 6.45) is 1.73. The Morgan fingerprint density at radius 3 is 2.78 bits per heavy atom. The van der Waals surface area contributed by atoms with Crippen molar-refractivity contribution in [2.45, 2.75) is 6.92 Å². The molecule has 2 rings (SSSR count). The van der Waals surface area contributed by atoms with Gasteiger partial charge in [-0.1, -0.05) is 6.92 Å². The first-order chi connectivity index (χ1) is 8.49. The molecule has 6 heteroatoms. The van der Waals surface area contributed by atoms with Crippen LogP contribution in [-0.2, 0) is 4.79 Å². The van der Waals surface area contributed by atoms with Crippen LogP contribution in [0, 0.1) is 11.8 Å². The van der Waals surface area contributed by atoms with E-state index in [1.165, 1.54) is 0 Å². The maximum absolute atomic E-state index is 10.9. The molecule has 0 aliphatic carbocycles. The molecule has 1 unspecified atom stereocenters. The molecule has 0 aromatic carbocycles. The van der Waals surface area contributed by atoms with Gasteiger partial charge in [-0.15, -0.1) is 0 Å². The molecule has 0 amide bonds. The molecular weight excluding hydrogens is 232 g/mol. The largest absolute Gasteiger partial charge is 0.481 e. The van der Waals surface area contributed by atoms with Gasteiger partial charge >= 0.3 is 5.97 Å². The van der Waals surface area contributed by atoms with Gasteiger partial charge in [0.15, 0.2) is 0 Å². The van der Waals surface area contributed by atoms with Crippen LogP contribution in [0.5, 0.6) is 0 Å². The van der Waals surface area contributed by atoms with Gasteiger partial charge in [-0.05, 0) is 6.07 Å². The van der Waals surface area contributed by atoms with Gasteiger partial charge in [0.1, 0.15) is 5.82 Å². The topological polar surface area (TPSA) is 69.6 Å². The third-order valence-electron chi connectivity index (χ3n) is 3.36. The van der Waals surface area contributed by atoms with E-state index in [0.717, 1.165) is 18.9 Å². The van der Waals surface area contributed by atoms with Crippen LogP contribution >= 0.6 is 0 Å². The minimum absolute atomic E-state index is 0.209. The van der Waals surface area contributed by atoms with Crippen molar-refractivity contribution >= 4 is 17.7 Å². The maximum atomic E-state index is 10.9. The van der Waals surface area contributed by atoms with Crippen LogP contribution in [0.15, 0.2) is 12.3 Å². The summed E-state index contributed by atoms with van der Waals surface area (Å²) in [4.78, 5) is 23.4. The second-order valence-corrected chi connectivity index (χ2v) is 4.90. The summed E-state index contributed by atoms with van der Waals surface area (Å²) in [7, 11) is 3.79. The Morgan fingerprint density at radius 2 is 2.22 bits per heavy atom. The van der Waals surface area contributed by atoms with Gasteiger partial charge in [-0.3, -0.25) is 4.79 Å². The van der Waals surface area contributed by atoms with Crippen LogP contribution < -0.4 is 9.80 Å². The number of carboxylic acids is 1. The highest BCUT2D eigenvalue weighted by atomic mass is 16.4. The highest BCUT2D eigenvalue weighted by Crippen LogP contribution is 2.28. The van der Waals surface area contributed by atoms with E-state index in [4.69, 9.17) is 5.11 Å². The zero-order chi connectivity index (χ0) is 13.3. The van der Waals surface area contributed by atoms with Gasteiger partial charge in [0.25, 0.3) is 0 Å². The molecule has 1 aromatic rings. The first kappa shape index (κ1) is 12.6. The van der Waals surface area contributed by atoms with Crippen molar-refractivity contribution in [3.8, 4) is 0 Å². The first-order valence-corrected chi connectivity index (χ1v) is 5.97. The molecule has 1 atom stereocenters. The van der Waals surface area contributed by atoms with Crippen molar-refractivity contribution < 1.29 is 9.90 Å². The van der Waals surface area contributed by atoms with Gasteiger partial charge in [-0.2, -0.15) is 4.98 Å². The fraction of sp³-hybridized carbons (Fsp3) is 0.583. The number of hydrogen-bond acceptors (Lipinski definition) is 5. The van der Waals surface area contributed by atoms with Gasteiger partial charge in [0.2, 0.25) is 5.95 Å². The summed E-state index contributed by atoms with van der Waals surface area (Å²) in [5.74, 6) is 0.720. The minimum Gasteiger partial charge on any atom is -0.481 e. The Bertz CT molecular complexity index is 443. The predicted molar refractivity (Wildman–Crippen MR) is 68.9 cm³/mol. The van der Waals surface area contributed by atoms with E-state index in [-0.39, 0.29) is 11.8 Å². The van der Waals surface area contributed by atoms with Gasteiger partial charge in [0.05, 0.1) is 5.92 Å². The zero-order valence-corrected chi connectivity index (χ0v) is 10.9. The van der Waals surface area contributed by atoms with Crippen molar-refractivity contribution in [1.29, 1.82) is 0 Å². The fourth-order valence-corrected chi connectivity index (χ4v) is 1.95. The number of rotatable bonds is 4. The lowest BCUT2D eigenvalue weighted by atomic mass is 9.87. The average molecular weight is 250 g/mol. The van der Waals surface area contributed by atoms with Gasteiger partial charge in [-0.25, -0.2) is 4.98 Å². The van der Waals surface area contributed by atoms with Crippen LogP contribution in [0.3, 0.4) is 0 Å². The normalized spacial score (nSPS) is 17.2. The highest BCUT2D eigenvalue weighted by molar-refractivity contribution is 5.70. The van der Waals surface area contributed by atoms with Crippen molar-refractivity contribution in [2.75, 3.05) is 37.0 Å². The molecule has 1 saturated heterocycles. The number of aromatic nitrogens is 2. The molecule has 1 aromatic heterocycles. The zero-order valence-electron chi connectivity index (χ0n) is 10.9. The smallest absolute Gasteiger partial charge is 0.306 e. The predicted octanol–water partition coefficient (Wildman–Crippen LogP) is 0.699. The van der Waals surface area contributed by atoms with E-state index in [2.05, 4.69) is 14.9 Å². The molecule has 6 nitrogen and oxygen atoms in total. The first-order valence-electron chi connectivity index (χ1n) is 5.97. The summed E-state index contributed by atoms with van der Waals surface area (Å²) in [6.45, 7) is 3.25. The number of nitrogens with zero attached hydrogens (tertiary/aromatic N) is 4. The second-order valence-electron chi connectivity index (χ2n) is 4.90. The van der Waals surface area contributed by atoms with E-state index in [9.17, 15) is 4.79 Å². The summed E-state index contributed by atoms with van der Waals surface area (Å²) < 4.78 is 0. The Balaban J connectivity index is 2.00. The van der Waals surface area contributed by atoms with Crippen LogP contribution in [0.1, 0.15) is 6.92 Å². The lowest BCUT2D eigenvalue weighted by Gasteiger charge is -2.42. The molecule has 1 fully saturated rings. The fourth-order valence-electron chi connectivity index (χ4n) is 1.95. The third-order valence-corrected chi connectivity index (χ3v) is 3.36. The molecule has 0 bridgehead atoms. The number of anilines is 2. The molecule has 2 heterocycles. The molecule has 1 aliphatic heterocycles. The summed E-state index contributed by atoms with van der Waals surface area (Å²) in [6, 6.07) is 1.86. The standard InChI is InChI=1S/C12H18N4O2/c1-8(11(17)18)9-6-16(7-9)10-4-5-13-12(14-10)15(2)3/h4-5,8-9H,6-7H2,1-3H3,(H,17,18). The second kappa shape index (κ2) is 4.80. The summed E-state index contributed by atoms with van der Waals surface area (Å²) in [5, 5.41) is 8.94. The number of aliphatic carboxylic acids is 1. The molecule has 98 valence electrons. The molecule has 1 aliphatic rings. The summed E-state index contributed by atoms with van der Waals surface area (Å²) in [5.41, 5.74) is 0. The Hall–Kier alpha value is -1.85.